The van der Waals surface area contributed by atoms with E-state index in [0.29, 0.717) is 11.6 Å². The molecule has 19 heavy (non-hydrogen) atoms. The molecule has 0 aliphatic rings. The molecule has 1 rings (SSSR count). The molecule has 1 unspecified atom stereocenters. The van der Waals surface area contributed by atoms with Crippen molar-refractivity contribution in [2.75, 3.05) is 5.32 Å². The second-order valence-corrected chi connectivity index (χ2v) is 5.51. The van der Waals surface area contributed by atoms with Gasteiger partial charge in [-0.05, 0) is 26.7 Å². The highest BCUT2D eigenvalue weighted by Crippen LogP contribution is 2.22. The predicted molar refractivity (Wildman–Crippen MR) is 74.7 cm³/mol. The number of aliphatic carboxylic acids is 1. The van der Waals surface area contributed by atoms with Crippen LogP contribution in [-0.4, -0.2) is 28.1 Å². The number of carbonyl (C=O) groups is 2. The number of anilines is 1. The highest BCUT2D eigenvalue weighted by molar-refractivity contribution is 7.15. The zero-order valence-electron chi connectivity index (χ0n) is 11.3. The number of hydrogen-bond acceptors (Lipinski definition) is 4. The van der Waals surface area contributed by atoms with Crippen LogP contribution in [0, 0.1) is 6.92 Å². The maximum atomic E-state index is 11.7. The number of rotatable bonds is 6. The van der Waals surface area contributed by atoms with E-state index in [1.54, 1.807) is 6.92 Å². The molecular weight excluding hydrogens is 266 g/mol. The Bertz CT molecular complexity index is 459. The minimum Gasteiger partial charge on any atom is -0.481 e. The average molecular weight is 285 g/mol. The number of hydrogen-bond donors (Lipinski definition) is 3. The summed E-state index contributed by atoms with van der Waals surface area (Å²) in [6.45, 7) is 5.75. The number of carboxylic acids is 1. The maximum Gasteiger partial charge on any atom is 0.321 e. The maximum absolute atomic E-state index is 11.7. The molecular formula is C12H19N3O3S. The minimum absolute atomic E-state index is 0.0395. The molecule has 1 heterocycles. The van der Waals surface area contributed by atoms with Gasteiger partial charge in [-0.2, -0.15) is 0 Å². The van der Waals surface area contributed by atoms with E-state index in [9.17, 15) is 9.59 Å². The van der Waals surface area contributed by atoms with E-state index in [1.165, 1.54) is 11.3 Å². The highest BCUT2D eigenvalue weighted by atomic mass is 32.1. The van der Waals surface area contributed by atoms with Gasteiger partial charge in [0.15, 0.2) is 5.13 Å². The third-order valence-corrected chi connectivity index (χ3v) is 3.55. The topological polar surface area (TPSA) is 91.3 Å². The molecule has 0 bridgehead atoms. The highest BCUT2D eigenvalue weighted by Gasteiger charge is 2.12. The predicted octanol–water partition coefficient (Wildman–Crippen LogP) is 2.39. The Morgan fingerprint density at radius 1 is 1.47 bits per heavy atom. The molecule has 7 heteroatoms. The molecule has 0 radical (unpaired) electrons. The summed E-state index contributed by atoms with van der Waals surface area (Å²) in [4.78, 5) is 27.5. The lowest BCUT2D eigenvalue weighted by molar-refractivity contribution is -0.137. The molecule has 0 fully saturated rings. The fraction of sp³-hybridized carbons (Fsp3) is 0.583. The van der Waals surface area contributed by atoms with Gasteiger partial charge in [-0.25, -0.2) is 9.78 Å². The summed E-state index contributed by atoms with van der Waals surface area (Å²) in [5, 5.41) is 14.5. The summed E-state index contributed by atoms with van der Waals surface area (Å²) in [7, 11) is 0. The van der Waals surface area contributed by atoms with Crippen molar-refractivity contribution < 1.29 is 14.7 Å². The third kappa shape index (κ3) is 5.25. The van der Waals surface area contributed by atoms with Crippen molar-refractivity contribution in [2.24, 2.45) is 0 Å². The van der Waals surface area contributed by atoms with Gasteiger partial charge in [-0.15, -0.1) is 11.3 Å². The van der Waals surface area contributed by atoms with Crippen LogP contribution < -0.4 is 10.6 Å². The first-order chi connectivity index (χ1) is 8.92. The summed E-state index contributed by atoms with van der Waals surface area (Å²) in [6, 6.07) is -0.544. The lowest BCUT2D eigenvalue weighted by Crippen LogP contribution is -2.36. The van der Waals surface area contributed by atoms with Crippen molar-refractivity contribution in [1.29, 1.82) is 0 Å². The molecule has 0 saturated heterocycles. The summed E-state index contributed by atoms with van der Waals surface area (Å²) in [5.41, 5.74) is 0.985. The van der Waals surface area contributed by atoms with Gasteiger partial charge < -0.3 is 10.4 Å². The van der Waals surface area contributed by atoms with Gasteiger partial charge in [0.2, 0.25) is 0 Å². The molecule has 0 spiro atoms. The lowest BCUT2D eigenvalue weighted by Gasteiger charge is -2.12. The molecule has 0 aromatic carbocycles. The van der Waals surface area contributed by atoms with Gasteiger partial charge >= 0.3 is 12.0 Å². The van der Waals surface area contributed by atoms with Crippen LogP contribution in [0.1, 0.15) is 37.3 Å². The molecule has 0 saturated carbocycles. The zero-order chi connectivity index (χ0) is 14.4. The number of carboxylic acid groups (broad SMARTS) is 1. The fourth-order valence-electron chi connectivity index (χ4n) is 1.58. The standard InChI is InChI=1S/C12H19N3O3S/c1-4-9-8(3)19-12(14-9)15-11(18)13-7(2)5-6-10(16)17/h7H,4-6H2,1-3H3,(H,16,17)(H2,13,14,15,18). The average Bonchev–Trinajstić information content (AvgIpc) is 2.66. The molecule has 3 N–H and O–H groups in total. The van der Waals surface area contributed by atoms with Crippen LogP contribution in [0.5, 0.6) is 0 Å². The van der Waals surface area contributed by atoms with Crippen molar-refractivity contribution in [3.8, 4) is 0 Å². The van der Waals surface area contributed by atoms with E-state index in [4.69, 9.17) is 5.11 Å². The van der Waals surface area contributed by atoms with Crippen molar-refractivity contribution >= 4 is 28.5 Å². The largest absolute Gasteiger partial charge is 0.481 e. The van der Waals surface area contributed by atoms with E-state index in [-0.39, 0.29) is 18.5 Å². The van der Waals surface area contributed by atoms with E-state index in [2.05, 4.69) is 15.6 Å². The Labute approximate surface area is 116 Å². The number of nitrogens with zero attached hydrogens (tertiary/aromatic N) is 1. The molecule has 106 valence electrons. The number of nitrogens with one attached hydrogen (secondary N) is 2. The van der Waals surface area contributed by atoms with Crippen molar-refractivity contribution in [3.63, 3.8) is 0 Å². The Hall–Kier alpha value is -1.63. The molecule has 1 atom stereocenters. The minimum atomic E-state index is -0.864. The Morgan fingerprint density at radius 2 is 2.16 bits per heavy atom. The van der Waals surface area contributed by atoms with Crippen LogP contribution in [0.2, 0.25) is 0 Å². The van der Waals surface area contributed by atoms with Crippen molar-refractivity contribution in [3.05, 3.63) is 10.6 Å². The summed E-state index contributed by atoms with van der Waals surface area (Å²) >= 11 is 1.44. The van der Waals surface area contributed by atoms with Gasteiger partial charge in [-0.1, -0.05) is 6.92 Å². The number of thiazole rings is 1. The Balaban J connectivity index is 2.43. The first-order valence-corrected chi connectivity index (χ1v) is 6.99. The monoisotopic (exact) mass is 285 g/mol. The SMILES string of the molecule is CCc1nc(NC(=O)NC(C)CCC(=O)O)sc1C. The first-order valence-electron chi connectivity index (χ1n) is 6.18. The molecule has 2 amide bonds. The number of aryl methyl sites for hydroxylation is 2. The molecule has 1 aromatic heterocycles. The second kappa shape index (κ2) is 7.08. The number of urea groups is 1. The van der Waals surface area contributed by atoms with E-state index in [1.807, 2.05) is 13.8 Å². The second-order valence-electron chi connectivity index (χ2n) is 4.31. The van der Waals surface area contributed by atoms with Crippen LogP contribution in [0.3, 0.4) is 0 Å². The Kier molecular flexibility index (Phi) is 5.75. The van der Waals surface area contributed by atoms with E-state index in [0.717, 1.165) is 17.0 Å². The third-order valence-electron chi connectivity index (χ3n) is 2.62. The van der Waals surface area contributed by atoms with Gasteiger partial charge in [0.1, 0.15) is 0 Å². The van der Waals surface area contributed by atoms with Crippen LogP contribution in [0.15, 0.2) is 0 Å². The van der Waals surface area contributed by atoms with Crippen molar-refractivity contribution in [2.45, 2.75) is 46.1 Å². The van der Waals surface area contributed by atoms with Gasteiger partial charge in [0.05, 0.1) is 5.69 Å². The van der Waals surface area contributed by atoms with Crippen molar-refractivity contribution in [1.82, 2.24) is 10.3 Å². The van der Waals surface area contributed by atoms with Crippen LogP contribution in [0.4, 0.5) is 9.93 Å². The fourth-order valence-corrected chi connectivity index (χ4v) is 2.48. The smallest absolute Gasteiger partial charge is 0.321 e. The number of aromatic nitrogens is 1. The number of amides is 2. The Morgan fingerprint density at radius 3 is 2.68 bits per heavy atom. The quantitative estimate of drug-likeness (QED) is 0.748. The zero-order valence-corrected chi connectivity index (χ0v) is 12.1. The van der Waals surface area contributed by atoms with E-state index >= 15 is 0 Å². The van der Waals surface area contributed by atoms with E-state index < -0.39 is 5.97 Å². The molecule has 0 aliphatic carbocycles. The summed E-state index contributed by atoms with van der Waals surface area (Å²) in [5.74, 6) is -0.864. The van der Waals surface area contributed by atoms with Crippen LogP contribution >= 0.6 is 11.3 Å². The molecule has 0 aliphatic heterocycles. The van der Waals surface area contributed by atoms with Crippen LogP contribution in [0.25, 0.3) is 0 Å². The van der Waals surface area contributed by atoms with Gasteiger partial charge in [-0.3, -0.25) is 10.1 Å². The summed E-state index contributed by atoms with van der Waals surface area (Å²) in [6.07, 6.45) is 1.28. The summed E-state index contributed by atoms with van der Waals surface area (Å²) < 4.78 is 0. The molecule has 1 aromatic rings. The van der Waals surface area contributed by atoms with Gasteiger partial charge in [0.25, 0.3) is 0 Å². The first kappa shape index (κ1) is 15.4. The molecule has 6 nitrogen and oxygen atoms in total. The number of carbonyl (C=O) groups excluding carboxylic acids is 1. The lowest BCUT2D eigenvalue weighted by atomic mass is 10.2. The van der Waals surface area contributed by atoms with Gasteiger partial charge in [0, 0.05) is 17.3 Å². The van der Waals surface area contributed by atoms with Crippen LogP contribution in [-0.2, 0) is 11.2 Å². The normalized spacial score (nSPS) is 11.9.